The minimum atomic E-state index is -0.318. The third-order valence-electron chi connectivity index (χ3n) is 3.42. The van der Waals surface area contributed by atoms with Crippen LogP contribution in [0.4, 0.5) is 0 Å². The number of methoxy groups -OCH3 is 1. The number of benzene rings is 1. The van der Waals surface area contributed by atoms with Crippen LogP contribution in [0.15, 0.2) is 24.3 Å². The molecule has 1 aliphatic heterocycles. The highest BCUT2D eigenvalue weighted by atomic mass is 16.5. The van der Waals surface area contributed by atoms with Crippen molar-refractivity contribution in [3.8, 4) is 0 Å². The molecule has 0 bridgehead atoms. The first kappa shape index (κ1) is 14.4. The van der Waals surface area contributed by atoms with Gasteiger partial charge in [0.1, 0.15) is 5.78 Å². The molecule has 2 amide bonds. The quantitative estimate of drug-likeness (QED) is 0.741. The van der Waals surface area contributed by atoms with Crippen molar-refractivity contribution < 1.29 is 19.1 Å². The van der Waals surface area contributed by atoms with Crippen LogP contribution in [0.3, 0.4) is 0 Å². The van der Waals surface area contributed by atoms with Gasteiger partial charge in [-0.3, -0.25) is 14.5 Å². The molecule has 5 nitrogen and oxygen atoms in total. The molecule has 2 rings (SSSR count). The van der Waals surface area contributed by atoms with E-state index in [1.54, 1.807) is 24.3 Å². The van der Waals surface area contributed by atoms with Gasteiger partial charge in [0.15, 0.2) is 0 Å². The lowest BCUT2D eigenvalue weighted by Crippen LogP contribution is -2.37. The Labute approximate surface area is 117 Å². The molecule has 0 aromatic heterocycles. The molecular weight excluding hydrogens is 258 g/mol. The zero-order chi connectivity index (χ0) is 14.7. The average Bonchev–Trinajstić information content (AvgIpc) is 2.68. The number of ether oxygens (including phenoxy) is 1. The zero-order valence-corrected chi connectivity index (χ0v) is 11.6. The summed E-state index contributed by atoms with van der Waals surface area (Å²) in [6.07, 6.45) is 0.557. The van der Waals surface area contributed by atoms with Crippen LogP contribution in [0.5, 0.6) is 0 Å². The predicted molar refractivity (Wildman–Crippen MR) is 72.5 cm³/mol. The summed E-state index contributed by atoms with van der Waals surface area (Å²) in [7, 11) is 1.52. The molecule has 1 aliphatic rings. The molecule has 1 unspecified atom stereocenters. The van der Waals surface area contributed by atoms with Gasteiger partial charge in [0.25, 0.3) is 11.8 Å². The molecule has 0 fully saturated rings. The highest BCUT2D eigenvalue weighted by Crippen LogP contribution is 2.23. The zero-order valence-electron chi connectivity index (χ0n) is 11.6. The number of Topliss-reactive ketones (excluding diaryl/α,β-unsaturated/α-hetero) is 1. The van der Waals surface area contributed by atoms with Crippen LogP contribution in [0.2, 0.25) is 0 Å². The second-order valence-electron chi connectivity index (χ2n) is 4.86. The van der Waals surface area contributed by atoms with E-state index in [0.29, 0.717) is 24.0 Å². The third kappa shape index (κ3) is 2.77. The first-order valence-corrected chi connectivity index (χ1v) is 6.52. The minimum Gasteiger partial charge on any atom is -0.380 e. The van der Waals surface area contributed by atoms with Crippen molar-refractivity contribution in [1.82, 2.24) is 4.90 Å². The number of hydrogen-bond donors (Lipinski definition) is 0. The SMILES string of the molecule is COC(CCC(C)=O)CN1C(=O)c2ccccc2C1=O. The van der Waals surface area contributed by atoms with E-state index in [1.165, 1.54) is 18.9 Å². The van der Waals surface area contributed by atoms with Crippen molar-refractivity contribution in [2.45, 2.75) is 25.9 Å². The van der Waals surface area contributed by atoms with Gasteiger partial charge in [0, 0.05) is 13.5 Å². The summed E-state index contributed by atoms with van der Waals surface area (Å²) in [5.74, 6) is -0.527. The highest BCUT2D eigenvalue weighted by molar-refractivity contribution is 6.21. The fourth-order valence-electron chi connectivity index (χ4n) is 2.26. The van der Waals surface area contributed by atoms with Crippen LogP contribution >= 0.6 is 0 Å². The van der Waals surface area contributed by atoms with E-state index >= 15 is 0 Å². The summed E-state index contributed by atoms with van der Waals surface area (Å²) in [6, 6.07) is 6.76. The second kappa shape index (κ2) is 5.96. The molecule has 1 atom stereocenters. The summed E-state index contributed by atoms with van der Waals surface area (Å²) in [6.45, 7) is 1.69. The largest absolute Gasteiger partial charge is 0.380 e. The topological polar surface area (TPSA) is 63.7 Å². The monoisotopic (exact) mass is 275 g/mol. The standard InChI is InChI=1S/C15H17NO4/c1-10(17)7-8-11(20-2)9-16-14(18)12-5-3-4-6-13(12)15(16)19/h3-6,11H,7-9H2,1-2H3. The molecule has 1 aromatic carbocycles. The minimum absolute atomic E-state index is 0.0643. The number of fused-ring (bicyclic) bond motifs is 1. The Balaban J connectivity index is 2.09. The fourth-order valence-corrected chi connectivity index (χ4v) is 2.26. The van der Waals surface area contributed by atoms with Crippen molar-refractivity contribution in [3.63, 3.8) is 0 Å². The van der Waals surface area contributed by atoms with Crippen LogP contribution in [0.25, 0.3) is 0 Å². The maximum atomic E-state index is 12.2. The molecule has 1 aromatic rings. The fraction of sp³-hybridized carbons (Fsp3) is 0.400. The van der Waals surface area contributed by atoms with E-state index < -0.39 is 0 Å². The number of hydrogen-bond acceptors (Lipinski definition) is 4. The highest BCUT2D eigenvalue weighted by Gasteiger charge is 2.36. The van der Waals surface area contributed by atoms with Crippen LogP contribution in [-0.4, -0.2) is 42.3 Å². The van der Waals surface area contributed by atoms with Gasteiger partial charge in [-0.15, -0.1) is 0 Å². The Morgan fingerprint density at radius 3 is 2.20 bits per heavy atom. The van der Waals surface area contributed by atoms with Gasteiger partial charge in [-0.2, -0.15) is 0 Å². The Kier molecular flexibility index (Phi) is 4.29. The van der Waals surface area contributed by atoms with Crippen LogP contribution in [0.1, 0.15) is 40.5 Å². The molecule has 0 spiro atoms. The maximum Gasteiger partial charge on any atom is 0.261 e. The van der Waals surface area contributed by atoms with E-state index in [2.05, 4.69) is 0 Å². The van der Waals surface area contributed by atoms with E-state index in [0.717, 1.165) is 0 Å². The first-order valence-electron chi connectivity index (χ1n) is 6.52. The smallest absolute Gasteiger partial charge is 0.261 e. The maximum absolute atomic E-state index is 12.2. The third-order valence-corrected chi connectivity index (χ3v) is 3.42. The Morgan fingerprint density at radius 1 is 1.20 bits per heavy atom. The van der Waals surface area contributed by atoms with E-state index in [9.17, 15) is 14.4 Å². The number of carbonyl (C=O) groups is 3. The molecule has 0 radical (unpaired) electrons. The number of carbonyl (C=O) groups excluding carboxylic acids is 3. The summed E-state index contributed by atoms with van der Waals surface area (Å²) in [4.78, 5) is 36.6. The van der Waals surface area contributed by atoms with E-state index in [4.69, 9.17) is 4.74 Å². The van der Waals surface area contributed by atoms with Gasteiger partial charge in [-0.05, 0) is 25.5 Å². The molecular formula is C15H17NO4. The predicted octanol–water partition coefficient (Wildman–Crippen LogP) is 1.67. The Bertz CT molecular complexity index is 518. The lowest BCUT2D eigenvalue weighted by atomic mass is 10.1. The van der Waals surface area contributed by atoms with E-state index in [-0.39, 0.29) is 30.2 Å². The molecule has 0 aliphatic carbocycles. The molecule has 5 heteroatoms. The Morgan fingerprint density at radius 2 is 1.75 bits per heavy atom. The van der Waals surface area contributed by atoms with E-state index in [1.807, 2.05) is 0 Å². The van der Waals surface area contributed by atoms with Crippen molar-refractivity contribution in [1.29, 1.82) is 0 Å². The number of imide groups is 1. The number of ketones is 1. The van der Waals surface area contributed by atoms with Crippen molar-refractivity contribution >= 4 is 17.6 Å². The Hall–Kier alpha value is -2.01. The second-order valence-corrected chi connectivity index (χ2v) is 4.86. The van der Waals surface area contributed by atoms with Crippen LogP contribution in [0, 0.1) is 0 Å². The number of nitrogens with zero attached hydrogens (tertiary/aromatic N) is 1. The average molecular weight is 275 g/mol. The van der Waals surface area contributed by atoms with Gasteiger partial charge in [0.05, 0.1) is 23.8 Å². The van der Waals surface area contributed by atoms with Crippen molar-refractivity contribution in [3.05, 3.63) is 35.4 Å². The summed E-state index contributed by atoms with van der Waals surface area (Å²) in [5, 5.41) is 0. The number of amides is 2. The lowest BCUT2D eigenvalue weighted by Gasteiger charge is -2.21. The molecule has 20 heavy (non-hydrogen) atoms. The van der Waals surface area contributed by atoms with Crippen LogP contribution < -0.4 is 0 Å². The van der Waals surface area contributed by atoms with Gasteiger partial charge in [0.2, 0.25) is 0 Å². The summed E-state index contributed by atoms with van der Waals surface area (Å²) < 4.78 is 5.26. The lowest BCUT2D eigenvalue weighted by molar-refractivity contribution is -0.117. The van der Waals surface area contributed by atoms with Gasteiger partial charge >= 0.3 is 0 Å². The number of rotatable bonds is 6. The molecule has 106 valence electrons. The van der Waals surface area contributed by atoms with Crippen molar-refractivity contribution in [2.75, 3.05) is 13.7 Å². The molecule has 1 heterocycles. The summed E-state index contributed by atoms with van der Waals surface area (Å²) >= 11 is 0. The molecule has 0 saturated carbocycles. The summed E-state index contributed by atoms with van der Waals surface area (Å²) in [5.41, 5.74) is 0.859. The van der Waals surface area contributed by atoms with Crippen molar-refractivity contribution in [2.24, 2.45) is 0 Å². The molecule has 0 N–H and O–H groups in total. The van der Waals surface area contributed by atoms with Gasteiger partial charge in [-0.25, -0.2) is 0 Å². The van der Waals surface area contributed by atoms with Gasteiger partial charge in [-0.1, -0.05) is 12.1 Å². The first-order chi connectivity index (χ1) is 9.54. The van der Waals surface area contributed by atoms with Gasteiger partial charge < -0.3 is 9.53 Å². The normalized spacial score (nSPS) is 15.4. The van der Waals surface area contributed by atoms with Crippen LogP contribution in [-0.2, 0) is 9.53 Å². The molecule has 0 saturated heterocycles.